The van der Waals surface area contributed by atoms with Gasteiger partial charge >= 0.3 is 6.03 Å². The summed E-state index contributed by atoms with van der Waals surface area (Å²) in [4.78, 5) is 20.4. The molecule has 33 heavy (non-hydrogen) atoms. The molecule has 5 nitrogen and oxygen atoms in total. The molecule has 2 aliphatic rings. The molecule has 176 valence electrons. The van der Waals surface area contributed by atoms with Gasteiger partial charge in [-0.2, -0.15) is 0 Å². The summed E-state index contributed by atoms with van der Waals surface area (Å²) >= 11 is 6.27. The number of likely N-dealkylation sites (tertiary alicyclic amines) is 1. The third kappa shape index (κ3) is 5.27. The molecular formula is C24H26ClF3N4O. The predicted octanol–water partition coefficient (Wildman–Crippen LogP) is 6.15. The minimum atomic E-state index is -2.60. The molecule has 2 aromatic rings. The molecule has 0 saturated carbocycles. The number of nitrogens with zero attached hydrogens (tertiary/aromatic N) is 3. The van der Waals surface area contributed by atoms with Crippen LogP contribution in [-0.4, -0.2) is 48.7 Å². The number of aliphatic imine (C=N–C) groups is 1. The number of alkyl halides is 2. The lowest BCUT2D eigenvalue weighted by atomic mass is 9.95. The van der Waals surface area contributed by atoms with E-state index < -0.39 is 18.8 Å². The fourth-order valence-corrected chi connectivity index (χ4v) is 4.58. The zero-order chi connectivity index (χ0) is 23.7. The number of anilines is 2. The normalized spacial score (nSPS) is 17.7. The first-order valence-electron chi connectivity index (χ1n) is 11.0. The summed E-state index contributed by atoms with van der Waals surface area (Å²) in [6, 6.07) is 9.00. The van der Waals surface area contributed by atoms with Gasteiger partial charge in [0.05, 0.1) is 29.3 Å². The van der Waals surface area contributed by atoms with E-state index in [0.717, 1.165) is 6.42 Å². The molecule has 1 N–H and O–H groups in total. The van der Waals surface area contributed by atoms with Crippen molar-refractivity contribution < 1.29 is 18.0 Å². The molecule has 2 aliphatic heterocycles. The third-order valence-electron chi connectivity index (χ3n) is 5.83. The second-order valence-electron chi connectivity index (χ2n) is 8.76. The van der Waals surface area contributed by atoms with E-state index in [-0.39, 0.29) is 18.0 Å². The molecule has 0 unspecified atom stereocenters. The minimum Gasteiger partial charge on any atom is -0.336 e. The molecule has 1 fully saturated rings. The van der Waals surface area contributed by atoms with Crippen LogP contribution in [0.1, 0.15) is 32.3 Å². The zero-order valence-corrected chi connectivity index (χ0v) is 19.2. The Hall–Kier alpha value is -2.74. The molecule has 1 atom stereocenters. The van der Waals surface area contributed by atoms with Gasteiger partial charge in [0, 0.05) is 35.8 Å². The van der Waals surface area contributed by atoms with E-state index in [1.807, 2.05) is 13.8 Å². The van der Waals surface area contributed by atoms with Crippen LogP contribution in [0.4, 0.5) is 35.0 Å². The molecule has 2 amide bonds. The Bertz CT molecular complexity index is 1080. The number of urea groups is 1. The summed E-state index contributed by atoms with van der Waals surface area (Å²) < 4.78 is 41.1. The molecular weight excluding hydrogens is 453 g/mol. The topological polar surface area (TPSA) is 47.9 Å². The van der Waals surface area contributed by atoms with Crippen molar-refractivity contribution in [1.29, 1.82) is 0 Å². The fraction of sp³-hybridized carbons (Fsp3) is 0.417. The van der Waals surface area contributed by atoms with Crippen LogP contribution in [0.15, 0.2) is 41.4 Å². The summed E-state index contributed by atoms with van der Waals surface area (Å²) in [6.07, 6.45) is -1.30. The van der Waals surface area contributed by atoms with E-state index >= 15 is 0 Å². The van der Waals surface area contributed by atoms with E-state index in [0.29, 0.717) is 52.9 Å². The number of amides is 2. The Kier molecular flexibility index (Phi) is 6.83. The summed E-state index contributed by atoms with van der Waals surface area (Å²) in [7, 11) is 0. The molecule has 4 rings (SSSR count). The quantitative estimate of drug-likeness (QED) is 0.560. The molecule has 2 aromatic carbocycles. The standard InChI is InChI=1S/C24H26ClF3N4O/c1-14(2)29-24(33)31-8-7-15(12-31)9-19-18-10-16(25)3-5-21(18)32(13-23(27)28)22-6-4-17(26)11-20(22)30-19/h3-6,10-11,14-15,23H,7-9,12-13H2,1-2H3,(H,29,33)/t15-/m1/s1. The van der Waals surface area contributed by atoms with Crippen molar-refractivity contribution in [1.82, 2.24) is 10.2 Å². The van der Waals surface area contributed by atoms with Crippen molar-refractivity contribution in [3.05, 3.63) is 52.8 Å². The molecule has 2 heterocycles. The van der Waals surface area contributed by atoms with Gasteiger partial charge in [0.25, 0.3) is 6.43 Å². The Morgan fingerprint density at radius 1 is 1.21 bits per heavy atom. The summed E-state index contributed by atoms with van der Waals surface area (Å²) in [5, 5.41) is 3.36. The lowest BCUT2D eigenvalue weighted by Crippen LogP contribution is -2.41. The van der Waals surface area contributed by atoms with Gasteiger partial charge < -0.3 is 15.1 Å². The molecule has 9 heteroatoms. The Morgan fingerprint density at radius 3 is 2.70 bits per heavy atom. The molecule has 0 aromatic heterocycles. The van der Waals surface area contributed by atoms with Crippen LogP contribution in [0.5, 0.6) is 0 Å². The van der Waals surface area contributed by atoms with E-state index in [2.05, 4.69) is 5.32 Å². The van der Waals surface area contributed by atoms with Gasteiger partial charge in [0.2, 0.25) is 0 Å². The second-order valence-corrected chi connectivity index (χ2v) is 9.20. The molecule has 0 aliphatic carbocycles. The SMILES string of the molecule is CC(C)NC(=O)N1CC[C@H](CC2=Nc3cc(F)ccc3N(CC(F)F)c3ccc(Cl)cc32)C1. The van der Waals surface area contributed by atoms with Gasteiger partial charge in [-0.25, -0.2) is 18.0 Å². The highest BCUT2D eigenvalue weighted by atomic mass is 35.5. The Labute approximate surface area is 196 Å². The highest BCUT2D eigenvalue weighted by Crippen LogP contribution is 2.42. The van der Waals surface area contributed by atoms with Crippen LogP contribution < -0.4 is 10.2 Å². The first kappa shape index (κ1) is 23.4. The second kappa shape index (κ2) is 9.63. The van der Waals surface area contributed by atoms with Crippen molar-refractivity contribution in [2.24, 2.45) is 10.9 Å². The maximum absolute atomic E-state index is 14.1. The smallest absolute Gasteiger partial charge is 0.317 e. The number of hydrogen-bond acceptors (Lipinski definition) is 3. The summed E-state index contributed by atoms with van der Waals surface area (Å²) in [6.45, 7) is 4.46. The van der Waals surface area contributed by atoms with E-state index in [4.69, 9.17) is 16.6 Å². The van der Waals surface area contributed by atoms with Crippen LogP contribution in [-0.2, 0) is 0 Å². The maximum Gasteiger partial charge on any atom is 0.317 e. The predicted molar refractivity (Wildman–Crippen MR) is 125 cm³/mol. The number of nitrogens with one attached hydrogen (secondary N) is 1. The van der Waals surface area contributed by atoms with E-state index in [1.165, 1.54) is 23.1 Å². The van der Waals surface area contributed by atoms with Gasteiger partial charge in [0.1, 0.15) is 5.82 Å². The number of halogens is 4. The largest absolute Gasteiger partial charge is 0.336 e. The van der Waals surface area contributed by atoms with Gasteiger partial charge in [-0.05, 0) is 62.9 Å². The van der Waals surface area contributed by atoms with Crippen molar-refractivity contribution in [2.75, 3.05) is 24.5 Å². The van der Waals surface area contributed by atoms with Crippen LogP contribution in [0.2, 0.25) is 5.02 Å². The minimum absolute atomic E-state index is 0.0454. The first-order valence-corrected chi connectivity index (χ1v) is 11.4. The van der Waals surface area contributed by atoms with Crippen molar-refractivity contribution in [3.8, 4) is 0 Å². The van der Waals surface area contributed by atoms with Crippen molar-refractivity contribution in [3.63, 3.8) is 0 Å². The number of benzene rings is 2. The molecule has 1 saturated heterocycles. The van der Waals surface area contributed by atoms with Gasteiger partial charge in [0.15, 0.2) is 0 Å². The molecule has 0 spiro atoms. The van der Waals surface area contributed by atoms with E-state index in [1.54, 1.807) is 23.1 Å². The van der Waals surface area contributed by atoms with Crippen LogP contribution in [0.3, 0.4) is 0 Å². The number of hydrogen-bond donors (Lipinski definition) is 1. The average Bonchev–Trinajstić information content (AvgIpc) is 3.16. The van der Waals surface area contributed by atoms with Crippen molar-refractivity contribution in [2.45, 2.75) is 39.2 Å². The monoisotopic (exact) mass is 478 g/mol. The Balaban J connectivity index is 1.70. The highest BCUT2D eigenvalue weighted by molar-refractivity contribution is 6.31. The number of carbonyl (C=O) groups is 1. The highest BCUT2D eigenvalue weighted by Gasteiger charge is 2.31. The average molecular weight is 479 g/mol. The summed E-state index contributed by atoms with van der Waals surface area (Å²) in [5.74, 6) is -0.359. The lowest BCUT2D eigenvalue weighted by Gasteiger charge is -2.26. The zero-order valence-electron chi connectivity index (χ0n) is 18.5. The third-order valence-corrected chi connectivity index (χ3v) is 6.07. The van der Waals surface area contributed by atoms with Gasteiger partial charge in [-0.15, -0.1) is 0 Å². The van der Waals surface area contributed by atoms with Crippen LogP contribution >= 0.6 is 11.6 Å². The number of rotatable bonds is 5. The number of carbonyl (C=O) groups excluding carboxylic acids is 1. The van der Waals surface area contributed by atoms with Gasteiger partial charge in [-0.1, -0.05) is 11.6 Å². The van der Waals surface area contributed by atoms with Crippen molar-refractivity contribution >= 4 is 40.4 Å². The maximum atomic E-state index is 14.1. The van der Waals surface area contributed by atoms with Crippen LogP contribution in [0, 0.1) is 11.7 Å². The van der Waals surface area contributed by atoms with E-state index in [9.17, 15) is 18.0 Å². The fourth-order valence-electron chi connectivity index (χ4n) is 4.41. The molecule has 0 bridgehead atoms. The Morgan fingerprint density at radius 2 is 1.97 bits per heavy atom. The lowest BCUT2D eigenvalue weighted by molar-refractivity contribution is 0.158. The molecule has 0 radical (unpaired) electrons. The van der Waals surface area contributed by atoms with Gasteiger partial charge in [-0.3, -0.25) is 4.99 Å². The first-order chi connectivity index (χ1) is 15.7. The van der Waals surface area contributed by atoms with Crippen LogP contribution in [0.25, 0.3) is 0 Å². The number of fused-ring (bicyclic) bond motifs is 2. The summed E-state index contributed by atoms with van der Waals surface area (Å²) in [5.41, 5.74) is 2.55.